The summed E-state index contributed by atoms with van der Waals surface area (Å²) in [7, 11) is 0. The first-order chi connectivity index (χ1) is 10.2. The average Bonchev–Trinajstić information content (AvgIpc) is 2.92. The van der Waals surface area contributed by atoms with Gasteiger partial charge in [-0.15, -0.1) is 11.3 Å². The molecular weight excluding hydrogens is 276 g/mol. The second-order valence-corrected chi connectivity index (χ2v) is 8.12. The van der Waals surface area contributed by atoms with Crippen molar-refractivity contribution in [2.24, 2.45) is 0 Å². The van der Waals surface area contributed by atoms with Crippen molar-refractivity contribution in [1.82, 2.24) is 10.2 Å². The maximum Gasteiger partial charge on any atom is 0.0388 e. The molecule has 1 fully saturated rings. The maximum atomic E-state index is 3.82. The molecule has 1 saturated heterocycles. The first kappa shape index (κ1) is 15.5. The predicted molar refractivity (Wildman–Crippen MR) is 92.3 cm³/mol. The van der Waals surface area contributed by atoms with Crippen LogP contribution in [0.2, 0.25) is 0 Å². The van der Waals surface area contributed by atoms with Crippen LogP contribution in [0.4, 0.5) is 0 Å². The van der Waals surface area contributed by atoms with Crippen LogP contribution >= 0.6 is 11.3 Å². The Balaban J connectivity index is 1.52. The summed E-state index contributed by atoms with van der Waals surface area (Å²) in [5.74, 6) is 0. The fourth-order valence-corrected chi connectivity index (χ4v) is 5.09. The van der Waals surface area contributed by atoms with Gasteiger partial charge < -0.3 is 10.2 Å². The molecule has 0 spiro atoms. The van der Waals surface area contributed by atoms with Crippen molar-refractivity contribution in [3.63, 3.8) is 0 Å². The summed E-state index contributed by atoms with van der Waals surface area (Å²) in [4.78, 5) is 5.84. The monoisotopic (exact) mass is 306 g/mol. The molecule has 3 heteroatoms. The zero-order valence-electron chi connectivity index (χ0n) is 13.7. The molecule has 3 rings (SSSR count). The zero-order valence-corrected chi connectivity index (χ0v) is 14.5. The molecule has 2 nitrogen and oxygen atoms in total. The van der Waals surface area contributed by atoms with Crippen LogP contribution in [0.1, 0.15) is 67.3 Å². The summed E-state index contributed by atoms with van der Waals surface area (Å²) >= 11 is 2.06. The van der Waals surface area contributed by atoms with Crippen molar-refractivity contribution in [3.8, 4) is 0 Å². The highest BCUT2D eigenvalue weighted by Gasteiger charge is 2.19. The predicted octanol–water partition coefficient (Wildman–Crippen LogP) is 4.15. The fourth-order valence-electron chi connectivity index (χ4n) is 3.82. The molecule has 0 radical (unpaired) electrons. The third-order valence-electron chi connectivity index (χ3n) is 4.96. The van der Waals surface area contributed by atoms with Gasteiger partial charge in [0, 0.05) is 28.4 Å². The van der Waals surface area contributed by atoms with Crippen molar-refractivity contribution < 1.29 is 0 Å². The van der Waals surface area contributed by atoms with E-state index in [-0.39, 0.29) is 0 Å². The molecular formula is C18H30N2S. The van der Waals surface area contributed by atoms with E-state index in [0.717, 1.165) is 0 Å². The summed E-state index contributed by atoms with van der Waals surface area (Å²) < 4.78 is 0. The van der Waals surface area contributed by atoms with E-state index < -0.39 is 0 Å². The smallest absolute Gasteiger partial charge is 0.0388 e. The summed E-state index contributed by atoms with van der Waals surface area (Å²) in [6.45, 7) is 8.49. The summed E-state index contributed by atoms with van der Waals surface area (Å²) in [6.07, 6.45) is 9.60. The second kappa shape index (κ2) is 7.26. The van der Waals surface area contributed by atoms with E-state index in [1.54, 1.807) is 15.3 Å². The van der Waals surface area contributed by atoms with Crippen molar-refractivity contribution in [2.75, 3.05) is 19.6 Å². The summed E-state index contributed by atoms with van der Waals surface area (Å²) in [6, 6.07) is 3.56. The van der Waals surface area contributed by atoms with E-state index in [9.17, 15) is 0 Å². The Morgan fingerprint density at radius 2 is 1.86 bits per heavy atom. The topological polar surface area (TPSA) is 15.3 Å². The first-order valence-electron chi connectivity index (χ1n) is 8.82. The van der Waals surface area contributed by atoms with E-state index in [1.807, 2.05) is 0 Å². The number of hydrogen-bond acceptors (Lipinski definition) is 3. The molecule has 2 unspecified atom stereocenters. The Hall–Kier alpha value is -0.380. The van der Waals surface area contributed by atoms with Crippen LogP contribution < -0.4 is 5.32 Å². The fraction of sp³-hybridized carbons (Fsp3) is 0.778. The van der Waals surface area contributed by atoms with Gasteiger partial charge in [-0.05, 0) is 77.1 Å². The van der Waals surface area contributed by atoms with Crippen LogP contribution in [0.3, 0.4) is 0 Å². The molecule has 0 aromatic carbocycles. The molecule has 118 valence electrons. The van der Waals surface area contributed by atoms with Gasteiger partial charge in [-0.25, -0.2) is 0 Å². The largest absolute Gasteiger partial charge is 0.306 e. The highest BCUT2D eigenvalue weighted by atomic mass is 32.1. The lowest BCUT2D eigenvalue weighted by Crippen LogP contribution is -2.42. The Morgan fingerprint density at radius 1 is 1.10 bits per heavy atom. The quantitative estimate of drug-likeness (QED) is 0.879. The van der Waals surface area contributed by atoms with Gasteiger partial charge >= 0.3 is 0 Å². The van der Waals surface area contributed by atoms with Gasteiger partial charge in [-0.3, -0.25) is 0 Å². The SMILES string of the molecule is CC(CN1CCCCC1)NC(C)c1cc2c(s1)CCCC2. The number of nitrogens with zero attached hydrogens (tertiary/aromatic N) is 1. The molecule has 1 aromatic rings. The molecule has 1 aromatic heterocycles. The summed E-state index contributed by atoms with van der Waals surface area (Å²) in [5, 5.41) is 3.82. The van der Waals surface area contributed by atoms with Crippen molar-refractivity contribution >= 4 is 11.3 Å². The van der Waals surface area contributed by atoms with E-state index in [0.29, 0.717) is 12.1 Å². The lowest BCUT2D eigenvalue weighted by molar-refractivity contribution is 0.205. The van der Waals surface area contributed by atoms with Crippen LogP contribution in [-0.2, 0) is 12.8 Å². The Bertz CT molecular complexity index is 425. The lowest BCUT2D eigenvalue weighted by Gasteiger charge is -2.30. The standard InChI is InChI=1S/C18H30N2S/c1-14(13-20-10-6-3-7-11-20)19-15(2)18-12-16-8-4-5-9-17(16)21-18/h12,14-15,19H,3-11,13H2,1-2H3. The van der Waals surface area contributed by atoms with Gasteiger partial charge in [0.25, 0.3) is 0 Å². The first-order valence-corrected chi connectivity index (χ1v) is 9.64. The summed E-state index contributed by atoms with van der Waals surface area (Å²) in [5.41, 5.74) is 1.64. The highest BCUT2D eigenvalue weighted by molar-refractivity contribution is 7.12. The minimum Gasteiger partial charge on any atom is -0.306 e. The van der Waals surface area contributed by atoms with Crippen LogP contribution in [0, 0.1) is 0 Å². The van der Waals surface area contributed by atoms with Gasteiger partial charge in [0.2, 0.25) is 0 Å². The zero-order chi connectivity index (χ0) is 14.7. The molecule has 0 saturated carbocycles. The maximum absolute atomic E-state index is 3.82. The second-order valence-electron chi connectivity index (χ2n) is 6.95. The van der Waals surface area contributed by atoms with Crippen LogP contribution in [0.15, 0.2) is 6.07 Å². The normalized spacial score (nSPS) is 22.8. The molecule has 2 heterocycles. The number of piperidine rings is 1. The Morgan fingerprint density at radius 3 is 2.62 bits per heavy atom. The average molecular weight is 307 g/mol. The number of thiophene rings is 1. The lowest BCUT2D eigenvalue weighted by atomic mass is 9.99. The highest BCUT2D eigenvalue weighted by Crippen LogP contribution is 2.32. The van der Waals surface area contributed by atoms with E-state index in [4.69, 9.17) is 0 Å². The molecule has 21 heavy (non-hydrogen) atoms. The van der Waals surface area contributed by atoms with Gasteiger partial charge in [-0.1, -0.05) is 6.42 Å². The van der Waals surface area contributed by atoms with Crippen LogP contribution in [0.5, 0.6) is 0 Å². The molecule has 1 N–H and O–H groups in total. The number of likely N-dealkylation sites (tertiary alicyclic amines) is 1. The molecule has 0 amide bonds. The van der Waals surface area contributed by atoms with Crippen molar-refractivity contribution in [3.05, 3.63) is 21.4 Å². The molecule has 1 aliphatic carbocycles. The van der Waals surface area contributed by atoms with Crippen molar-refractivity contribution in [1.29, 1.82) is 0 Å². The Labute approximate surface area is 133 Å². The van der Waals surface area contributed by atoms with Gasteiger partial charge in [0.05, 0.1) is 0 Å². The minimum atomic E-state index is 0.500. The molecule has 0 bridgehead atoms. The number of aryl methyl sites for hydroxylation is 2. The van der Waals surface area contributed by atoms with Gasteiger partial charge in [0.1, 0.15) is 0 Å². The van der Waals surface area contributed by atoms with E-state index >= 15 is 0 Å². The number of fused-ring (bicyclic) bond motifs is 1. The molecule has 2 atom stereocenters. The van der Waals surface area contributed by atoms with Crippen LogP contribution in [-0.4, -0.2) is 30.6 Å². The van der Waals surface area contributed by atoms with E-state index in [2.05, 4.69) is 41.5 Å². The number of rotatable bonds is 5. The minimum absolute atomic E-state index is 0.500. The van der Waals surface area contributed by atoms with Gasteiger partial charge in [-0.2, -0.15) is 0 Å². The third kappa shape index (κ3) is 4.08. The third-order valence-corrected chi connectivity index (χ3v) is 6.38. The van der Waals surface area contributed by atoms with Gasteiger partial charge in [0.15, 0.2) is 0 Å². The van der Waals surface area contributed by atoms with E-state index in [1.165, 1.54) is 64.6 Å². The molecule has 2 aliphatic rings. The molecule has 1 aliphatic heterocycles. The van der Waals surface area contributed by atoms with Crippen molar-refractivity contribution in [2.45, 2.75) is 70.9 Å². The Kier molecular flexibility index (Phi) is 5.36. The number of nitrogens with one attached hydrogen (secondary N) is 1. The van der Waals surface area contributed by atoms with Crippen LogP contribution in [0.25, 0.3) is 0 Å². The number of hydrogen-bond donors (Lipinski definition) is 1.